The van der Waals surface area contributed by atoms with E-state index in [4.69, 9.17) is 0 Å². The molecule has 0 atom stereocenters. The molecule has 1 N–H and O–H groups in total. The number of amides is 1. The van der Waals surface area contributed by atoms with E-state index in [0.29, 0.717) is 5.16 Å². The number of carbonyl (C=O) groups excluding carboxylic acids is 1. The highest BCUT2D eigenvalue weighted by Gasteiger charge is 2.17. The molecule has 0 spiro atoms. The highest BCUT2D eigenvalue weighted by Crippen LogP contribution is 2.27. The molecule has 4 rings (SSSR count). The number of hydrogen-bond donors (Lipinski definition) is 1. The highest BCUT2D eigenvalue weighted by atomic mass is 32.2. The predicted octanol–water partition coefficient (Wildman–Crippen LogP) is 4.47. The van der Waals surface area contributed by atoms with Gasteiger partial charge in [-0.1, -0.05) is 23.9 Å². The highest BCUT2D eigenvalue weighted by molar-refractivity contribution is 7.99. The molecule has 0 aliphatic rings. The lowest BCUT2D eigenvalue weighted by atomic mass is 10.1. The van der Waals surface area contributed by atoms with Crippen molar-refractivity contribution < 1.29 is 4.79 Å². The van der Waals surface area contributed by atoms with E-state index in [9.17, 15) is 4.79 Å². The van der Waals surface area contributed by atoms with Gasteiger partial charge in [-0.25, -0.2) is 4.68 Å². The van der Waals surface area contributed by atoms with Gasteiger partial charge >= 0.3 is 0 Å². The van der Waals surface area contributed by atoms with Crippen LogP contribution in [0.15, 0.2) is 65.4 Å². The topological polar surface area (TPSA) is 64.7 Å². The summed E-state index contributed by atoms with van der Waals surface area (Å²) in [5.41, 5.74) is 3.16. The first-order valence-corrected chi connectivity index (χ1v) is 10.6. The first-order valence-electron chi connectivity index (χ1n) is 8.74. The Kier molecular flexibility index (Phi) is 5.31. The smallest absolute Gasteiger partial charge is 0.234 e. The molecule has 0 aliphatic carbocycles. The second kappa shape index (κ2) is 8.04. The third-order valence-electron chi connectivity index (χ3n) is 4.30. The van der Waals surface area contributed by atoms with Gasteiger partial charge in [-0.15, -0.1) is 21.5 Å². The number of aryl methyl sites for hydroxylation is 2. The van der Waals surface area contributed by atoms with E-state index >= 15 is 0 Å². The number of thiophene rings is 1. The number of anilines is 1. The van der Waals surface area contributed by atoms with Crippen molar-refractivity contribution in [2.24, 2.45) is 0 Å². The Morgan fingerprint density at radius 3 is 2.64 bits per heavy atom. The Morgan fingerprint density at radius 1 is 1.11 bits per heavy atom. The van der Waals surface area contributed by atoms with Gasteiger partial charge in [-0.2, -0.15) is 0 Å². The zero-order valence-electron chi connectivity index (χ0n) is 15.5. The molecule has 0 bridgehead atoms. The van der Waals surface area contributed by atoms with E-state index in [1.807, 2.05) is 76.5 Å². The maximum atomic E-state index is 12.4. The quantitative estimate of drug-likeness (QED) is 0.477. The monoisotopic (exact) mass is 409 g/mol. The van der Waals surface area contributed by atoms with Gasteiger partial charge < -0.3 is 5.32 Å². The van der Waals surface area contributed by atoms with Crippen LogP contribution in [0.5, 0.6) is 0 Å². The summed E-state index contributed by atoms with van der Waals surface area (Å²) in [7, 11) is 0. The van der Waals surface area contributed by atoms with Gasteiger partial charge in [0.2, 0.25) is 11.1 Å². The third kappa shape index (κ3) is 3.88. The van der Waals surface area contributed by atoms with Crippen LogP contribution in [0.3, 0.4) is 0 Å². The van der Waals surface area contributed by atoms with Crippen molar-refractivity contribution in [3.8, 4) is 10.7 Å². The van der Waals surface area contributed by atoms with Crippen molar-refractivity contribution in [3.05, 3.63) is 71.4 Å². The van der Waals surface area contributed by atoms with E-state index in [0.717, 1.165) is 22.0 Å². The molecule has 0 saturated heterocycles. The van der Waals surface area contributed by atoms with Crippen molar-refractivity contribution in [1.82, 2.24) is 19.5 Å². The third-order valence-corrected chi connectivity index (χ3v) is 6.08. The van der Waals surface area contributed by atoms with Crippen molar-refractivity contribution in [1.29, 1.82) is 0 Å². The largest absolute Gasteiger partial charge is 0.325 e. The fraction of sp³-hybridized carbons (Fsp3) is 0.150. The predicted molar refractivity (Wildman–Crippen MR) is 114 cm³/mol. The van der Waals surface area contributed by atoms with Gasteiger partial charge in [0.1, 0.15) is 0 Å². The molecule has 3 heterocycles. The molecule has 142 valence electrons. The number of carbonyl (C=O) groups is 1. The minimum Gasteiger partial charge on any atom is -0.325 e. The first kappa shape index (κ1) is 18.5. The van der Waals surface area contributed by atoms with Crippen LogP contribution < -0.4 is 5.32 Å². The molecule has 6 nitrogen and oxygen atoms in total. The summed E-state index contributed by atoms with van der Waals surface area (Å²) in [6, 6.07) is 13.8. The van der Waals surface area contributed by atoms with Crippen LogP contribution in [-0.2, 0) is 4.79 Å². The molecule has 28 heavy (non-hydrogen) atoms. The zero-order valence-corrected chi connectivity index (χ0v) is 17.1. The van der Waals surface area contributed by atoms with Crippen LogP contribution in [-0.4, -0.2) is 31.2 Å². The lowest BCUT2D eigenvalue weighted by molar-refractivity contribution is -0.113. The second-order valence-electron chi connectivity index (χ2n) is 6.29. The standard InChI is InChI=1S/C20H19N5OS2/c1-14-7-8-16(12-15(14)2)21-18(26)13-28-20-23-22-19(17-6-5-11-27-17)25(20)24-9-3-4-10-24/h3-12H,13H2,1-2H3,(H,21,26). The molecule has 0 aliphatic heterocycles. The summed E-state index contributed by atoms with van der Waals surface area (Å²) in [5, 5.41) is 14.3. The number of nitrogens with zero attached hydrogens (tertiary/aromatic N) is 4. The average Bonchev–Trinajstić information content (AvgIpc) is 3.43. The Morgan fingerprint density at radius 2 is 1.93 bits per heavy atom. The molecule has 3 aromatic heterocycles. The fourth-order valence-corrected chi connectivity index (χ4v) is 4.16. The fourth-order valence-electron chi connectivity index (χ4n) is 2.73. The molecule has 0 unspecified atom stereocenters. The molecule has 8 heteroatoms. The van der Waals surface area contributed by atoms with Crippen LogP contribution >= 0.6 is 23.1 Å². The Labute approximate surface area is 171 Å². The lowest BCUT2D eigenvalue weighted by Gasteiger charge is -2.11. The molecular formula is C20H19N5OS2. The van der Waals surface area contributed by atoms with Crippen molar-refractivity contribution in [2.45, 2.75) is 19.0 Å². The minimum atomic E-state index is -0.0759. The van der Waals surface area contributed by atoms with Gasteiger partial charge in [-0.3, -0.25) is 9.47 Å². The molecule has 0 fully saturated rings. The lowest BCUT2D eigenvalue weighted by Crippen LogP contribution is -2.16. The molecule has 0 radical (unpaired) electrons. The molecule has 1 amide bonds. The molecule has 0 saturated carbocycles. The summed E-state index contributed by atoms with van der Waals surface area (Å²) >= 11 is 2.96. The number of hydrogen-bond acceptors (Lipinski definition) is 5. The van der Waals surface area contributed by atoms with E-state index in [2.05, 4.69) is 22.4 Å². The summed E-state index contributed by atoms with van der Waals surface area (Å²) in [6.45, 7) is 4.08. The van der Waals surface area contributed by atoms with Gasteiger partial charge in [0.15, 0.2) is 5.82 Å². The van der Waals surface area contributed by atoms with E-state index in [1.165, 1.54) is 17.3 Å². The maximum Gasteiger partial charge on any atom is 0.234 e. The van der Waals surface area contributed by atoms with E-state index in [-0.39, 0.29) is 11.7 Å². The van der Waals surface area contributed by atoms with Crippen LogP contribution in [0.25, 0.3) is 10.7 Å². The van der Waals surface area contributed by atoms with E-state index in [1.54, 1.807) is 11.3 Å². The second-order valence-corrected chi connectivity index (χ2v) is 8.18. The Bertz CT molecular complexity index is 1080. The van der Waals surface area contributed by atoms with Gasteiger partial charge in [0.05, 0.1) is 10.6 Å². The normalized spacial score (nSPS) is 10.9. The summed E-state index contributed by atoms with van der Waals surface area (Å²) in [5.74, 6) is 0.924. The van der Waals surface area contributed by atoms with Gasteiger partial charge in [-0.05, 0) is 60.7 Å². The maximum absolute atomic E-state index is 12.4. The van der Waals surface area contributed by atoms with Gasteiger partial charge in [0, 0.05) is 18.1 Å². The molecular weight excluding hydrogens is 390 g/mol. The average molecular weight is 410 g/mol. The minimum absolute atomic E-state index is 0.0759. The number of rotatable bonds is 6. The Balaban J connectivity index is 1.52. The number of benzene rings is 1. The molecule has 1 aromatic carbocycles. The summed E-state index contributed by atoms with van der Waals surface area (Å²) < 4.78 is 3.83. The van der Waals surface area contributed by atoms with Crippen LogP contribution in [0.1, 0.15) is 11.1 Å². The number of aromatic nitrogens is 4. The number of thioether (sulfide) groups is 1. The number of nitrogens with one attached hydrogen (secondary N) is 1. The van der Waals surface area contributed by atoms with Crippen molar-refractivity contribution in [2.75, 3.05) is 11.1 Å². The van der Waals surface area contributed by atoms with Crippen LogP contribution in [0.4, 0.5) is 5.69 Å². The van der Waals surface area contributed by atoms with Crippen molar-refractivity contribution in [3.63, 3.8) is 0 Å². The first-order chi connectivity index (χ1) is 13.6. The summed E-state index contributed by atoms with van der Waals surface area (Å²) in [6.07, 6.45) is 3.86. The SMILES string of the molecule is Cc1ccc(NC(=O)CSc2nnc(-c3cccs3)n2-n2cccc2)cc1C. The van der Waals surface area contributed by atoms with Crippen LogP contribution in [0.2, 0.25) is 0 Å². The zero-order chi connectivity index (χ0) is 19.5. The van der Waals surface area contributed by atoms with Gasteiger partial charge in [0.25, 0.3) is 0 Å². The van der Waals surface area contributed by atoms with Crippen molar-refractivity contribution >= 4 is 34.7 Å². The molecule has 4 aromatic rings. The summed E-state index contributed by atoms with van der Waals surface area (Å²) in [4.78, 5) is 13.4. The van der Waals surface area contributed by atoms with Crippen LogP contribution in [0, 0.1) is 13.8 Å². The Hall–Kier alpha value is -2.84. The van der Waals surface area contributed by atoms with E-state index < -0.39 is 0 Å².